The van der Waals surface area contributed by atoms with Crippen molar-refractivity contribution in [2.75, 3.05) is 6.54 Å². The summed E-state index contributed by atoms with van der Waals surface area (Å²) in [6.45, 7) is 3.32. The number of amides is 1. The van der Waals surface area contributed by atoms with E-state index < -0.39 is 6.10 Å². The quantitative estimate of drug-likeness (QED) is 0.667. The predicted molar refractivity (Wildman–Crippen MR) is 86.9 cm³/mol. The second kappa shape index (κ2) is 7.11. The molecule has 128 valence electrons. The van der Waals surface area contributed by atoms with Crippen LogP contribution in [0, 0.1) is 5.82 Å². The minimum atomic E-state index is -0.768. The summed E-state index contributed by atoms with van der Waals surface area (Å²) < 4.78 is 12.9. The average Bonchev–Trinajstić information content (AvgIpc) is 2.99. The summed E-state index contributed by atoms with van der Waals surface area (Å²) in [7, 11) is 0. The molecule has 2 heterocycles. The molecule has 0 fully saturated rings. The zero-order valence-electron chi connectivity index (χ0n) is 13.5. The third kappa shape index (κ3) is 3.63. The van der Waals surface area contributed by atoms with Gasteiger partial charge in [0.05, 0.1) is 6.10 Å². The Balaban J connectivity index is 1.60. The lowest BCUT2D eigenvalue weighted by Crippen LogP contribution is -2.35. The van der Waals surface area contributed by atoms with Crippen molar-refractivity contribution < 1.29 is 14.3 Å². The Labute approximate surface area is 139 Å². The zero-order chi connectivity index (χ0) is 17.1. The molecule has 4 N–H and O–H groups in total. The Morgan fingerprint density at radius 3 is 2.92 bits per heavy atom. The first-order valence-corrected chi connectivity index (χ1v) is 8.06. The molecule has 0 saturated heterocycles. The SMILES string of the molecule is CC(CC(O)c1ccc(F)cc1)NC(=O)c1n[nH]c2c1CNCC2. The fourth-order valence-corrected chi connectivity index (χ4v) is 2.92. The molecule has 1 aliphatic rings. The molecule has 1 aliphatic heterocycles. The smallest absolute Gasteiger partial charge is 0.272 e. The van der Waals surface area contributed by atoms with E-state index in [-0.39, 0.29) is 17.8 Å². The first-order valence-electron chi connectivity index (χ1n) is 8.06. The van der Waals surface area contributed by atoms with E-state index in [1.54, 1.807) is 12.1 Å². The lowest BCUT2D eigenvalue weighted by Gasteiger charge is -2.18. The summed E-state index contributed by atoms with van der Waals surface area (Å²) >= 11 is 0. The number of nitrogens with zero attached hydrogens (tertiary/aromatic N) is 1. The Hall–Kier alpha value is -2.25. The van der Waals surface area contributed by atoms with Crippen LogP contribution in [0.1, 0.15) is 46.8 Å². The highest BCUT2D eigenvalue weighted by atomic mass is 19.1. The molecule has 1 aromatic carbocycles. The fourth-order valence-electron chi connectivity index (χ4n) is 2.92. The molecule has 0 spiro atoms. The Morgan fingerprint density at radius 1 is 1.42 bits per heavy atom. The van der Waals surface area contributed by atoms with Gasteiger partial charge in [-0.1, -0.05) is 12.1 Å². The van der Waals surface area contributed by atoms with Crippen molar-refractivity contribution in [3.05, 3.63) is 52.6 Å². The highest BCUT2D eigenvalue weighted by Crippen LogP contribution is 2.19. The Kier molecular flexibility index (Phi) is 4.92. The highest BCUT2D eigenvalue weighted by Gasteiger charge is 2.23. The summed E-state index contributed by atoms with van der Waals surface area (Å²) in [5.74, 6) is -0.598. The molecule has 1 amide bonds. The summed E-state index contributed by atoms with van der Waals surface area (Å²) in [5, 5.41) is 23.3. The van der Waals surface area contributed by atoms with Gasteiger partial charge in [-0.25, -0.2) is 4.39 Å². The molecular formula is C17H21FN4O2. The van der Waals surface area contributed by atoms with E-state index in [0.29, 0.717) is 24.2 Å². The van der Waals surface area contributed by atoms with Crippen LogP contribution in [-0.4, -0.2) is 33.8 Å². The molecule has 1 aromatic heterocycles. The van der Waals surface area contributed by atoms with Crippen LogP contribution in [0.15, 0.2) is 24.3 Å². The van der Waals surface area contributed by atoms with E-state index in [2.05, 4.69) is 20.8 Å². The van der Waals surface area contributed by atoms with Gasteiger partial charge in [-0.2, -0.15) is 5.10 Å². The van der Waals surface area contributed by atoms with E-state index in [1.807, 2.05) is 6.92 Å². The molecule has 7 heteroatoms. The van der Waals surface area contributed by atoms with Crippen molar-refractivity contribution in [1.29, 1.82) is 0 Å². The molecule has 24 heavy (non-hydrogen) atoms. The molecule has 6 nitrogen and oxygen atoms in total. The van der Waals surface area contributed by atoms with Crippen LogP contribution in [0.3, 0.4) is 0 Å². The largest absolute Gasteiger partial charge is 0.388 e. The number of halogens is 1. The van der Waals surface area contributed by atoms with Crippen LogP contribution in [0.25, 0.3) is 0 Å². The number of fused-ring (bicyclic) bond motifs is 1. The first-order chi connectivity index (χ1) is 11.5. The first kappa shape index (κ1) is 16.6. The van der Waals surface area contributed by atoms with Crippen LogP contribution in [0.5, 0.6) is 0 Å². The van der Waals surface area contributed by atoms with Gasteiger partial charge in [-0.15, -0.1) is 0 Å². The maximum Gasteiger partial charge on any atom is 0.272 e. The minimum Gasteiger partial charge on any atom is -0.388 e. The van der Waals surface area contributed by atoms with Crippen LogP contribution in [0.2, 0.25) is 0 Å². The number of H-pyrrole nitrogens is 1. The lowest BCUT2D eigenvalue weighted by molar-refractivity contribution is 0.0911. The second-order valence-corrected chi connectivity index (χ2v) is 6.13. The summed E-state index contributed by atoms with van der Waals surface area (Å²) in [4.78, 5) is 12.4. The molecule has 0 bridgehead atoms. The molecule has 0 saturated carbocycles. The van der Waals surface area contributed by atoms with Gasteiger partial charge in [-0.3, -0.25) is 9.89 Å². The topological polar surface area (TPSA) is 90.0 Å². The molecule has 2 atom stereocenters. The third-order valence-corrected chi connectivity index (χ3v) is 4.23. The van der Waals surface area contributed by atoms with Crippen molar-refractivity contribution in [3.8, 4) is 0 Å². The molecule has 0 aliphatic carbocycles. The highest BCUT2D eigenvalue weighted by molar-refractivity contribution is 5.94. The number of hydrogen-bond acceptors (Lipinski definition) is 4. The van der Waals surface area contributed by atoms with Crippen molar-refractivity contribution in [3.63, 3.8) is 0 Å². The summed E-state index contributed by atoms with van der Waals surface area (Å²) in [6.07, 6.45) is 0.395. The van der Waals surface area contributed by atoms with Crippen molar-refractivity contribution >= 4 is 5.91 Å². The maximum atomic E-state index is 12.9. The van der Waals surface area contributed by atoms with E-state index in [9.17, 15) is 14.3 Å². The van der Waals surface area contributed by atoms with E-state index in [0.717, 1.165) is 24.2 Å². The molecule has 2 aromatic rings. The number of carbonyl (C=O) groups excluding carboxylic acids is 1. The third-order valence-electron chi connectivity index (χ3n) is 4.23. The predicted octanol–water partition coefficient (Wildman–Crippen LogP) is 1.44. The van der Waals surface area contributed by atoms with E-state index in [1.165, 1.54) is 12.1 Å². The molecule has 0 radical (unpaired) electrons. The number of aromatic amines is 1. The van der Waals surface area contributed by atoms with E-state index in [4.69, 9.17) is 0 Å². The molecular weight excluding hydrogens is 311 g/mol. The van der Waals surface area contributed by atoms with Crippen LogP contribution < -0.4 is 10.6 Å². The van der Waals surface area contributed by atoms with Gasteiger partial charge in [0, 0.05) is 36.8 Å². The monoisotopic (exact) mass is 332 g/mol. The normalized spacial score (nSPS) is 16.3. The van der Waals surface area contributed by atoms with E-state index >= 15 is 0 Å². The Bertz CT molecular complexity index is 714. The number of carbonyl (C=O) groups is 1. The fraction of sp³-hybridized carbons (Fsp3) is 0.412. The number of benzene rings is 1. The van der Waals surface area contributed by atoms with Crippen molar-refractivity contribution in [2.45, 2.75) is 38.5 Å². The number of aromatic nitrogens is 2. The lowest BCUT2D eigenvalue weighted by atomic mass is 10.0. The number of aliphatic hydroxyl groups is 1. The van der Waals surface area contributed by atoms with Gasteiger partial charge in [0.1, 0.15) is 5.82 Å². The number of nitrogens with one attached hydrogen (secondary N) is 3. The van der Waals surface area contributed by atoms with Gasteiger partial charge in [0.15, 0.2) is 5.69 Å². The van der Waals surface area contributed by atoms with Gasteiger partial charge in [0.25, 0.3) is 5.91 Å². The number of hydrogen-bond donors (Lipinski definition) is 4. The van der Waals surface area contributed by atoms with Crippen LogP contribution >= 0.6 is 0 Å². The van der Waals surface area contributed by atoms with Crippen molar-refractivity contribution in [2.24, 2.45) is 0 Å². The molecule has 2 unspecified atom stereocenters. The molecule has 3 rings (SSSR count). The standard InChI is InChI=1S/C17H21FN4O2/c1-10(8-15(23)11-2-4-12(18)5-3-11)20-17(24)16-13-9-19-7-6-14(13)21-22-16/h2-5,10,15,19,23H,6-9H2,1H3,(H,20,24)(H,21,22). The summed E-state index contributed by atoms with van der Waals surface area (Å²) in [6, 6.07) is 5.46. The van der Waals surface area contributed by atoms with Gasteiger partial charge < -0.3 is 15.7 Å². The van der Waals surface area contributed by atoms with Gasteiger partial charge in [-0.05, 0) is 31.0 Å². The van der Waals surface area contributed by atoms with Gasteiger partial charge in [0.2, 0.25) is 0 Å². The van der Waals surface area contributed by atoms with Crippen molar-refractivity contribution in [1.82, 2.24) is 20.8 Å². The number of aliphatic hydroxyl groups excluding tert-OH is 1. The summed E-state index contributed by atoms with van der Waals surface area (Å²) in [5.41, 5.74) is 2.93. The minimum absolute atomic E-state index is 0.249. The zero-order valence-corrected chi connectivity index (χ0v) is 13.5. The number of rotatable bonds is 5. The second-order valence-electron chi connectivity index (χ2n) is 6.13. The average molecular weight is 332 g/mol. The van der Waals surface area contributed by atoms with Crippen LogP contribution in [0.4, 0.5) is 4.39 Å². The van der Waals surface area contributed by atoms with Crippen LogP contribution in [-0.2, 0) is 13.0 Å². The van der Waals surface area contributed by atoms with Gasteiger partial charge >= 0.3 is 0 Å². The maximum absolute atomic E-state index is 12.9. The Morgan fingerprint density at radius 2 is 2.17 bits per heavy atom.